The summed E-state index contributed by atoms with van der Waals surface area (Å²) in [6, 6.07) is 6.16. The van der Waals surface area contributed by atoms with Gasteiger partial charge in [-0.15, -0.1) is 0 Å². The van der Waals surface area contributed by atoms with Crippen molar-refractivity contribution >= 4 is 11.9 Å². The average molecular weight is 431 g/mol. The van der Waals surface area contributed by atoms with Crippen LogP contribution in [0.15, 0.2) is 23.2 Å². The first kappa shape index (κ1) is 23.2. The lowest BCUT2D eigenvalue weighted by molar-refractivity contribution is -0.130. The van der Waals surface area contributed by atoms with E-state index in [0.29, 0.717) is 32.1 Å². The van der Waals surface area contributed by atoms with Crippen molar-refractivity contribution in [3.63, 3.8) is 0 Å². The number of aliphatic imine (C=N–C) groups is 1. The van der Waals surface area contributed by atoms with Gasteiger partial charge in [0.2, 0.25) is 5.91 Å². The molecule has 0 spiro atoms. The van der Waals surface area contributed by atoms with Crippen molar-refractivity contribution < 1.29 is 14.3 Å². The van der Waals surface area contributed by atoms with E-state index in [9.17, 15) is 4.79 Å². The SMILES string of the molecule is CCNC(=NCC(C)(C)c1ccc2c(c1)OCCO2)NCCCN1CCCCCC1=O. The predicted molar refractivity (Wildman–Crippen MR) is 124 cm³/mol. The van der Waals surface area contributed by atoms with Crippen molar-refractivity contribution in [2.24, 2.45) is 4.99 Å². The minimum absolute atomic E-state index is 0.142. The number of nitrogens with one attached hydrogen (secondary N) is 2. The average Bonchev–Trinajstić information content (AvgIpc) is 2.98. The van der Waals surface area contributed by atoms with Gasteiger partial charge in [-0.25, -0.2) is 0 Å². The van der Waals surface area contributed by atoms with Crippen LogP contribution in [0.1, 0.15) is 58.4 Å². The Morgan fingerprint density at radius 2 is 1.94 bits per heavy atom. The number of hydrogen-bond acceptors (Lipinski definition) is 4. The Hall–Kier alpha value is -2.44. The second-order valence-corrected chi connectivity index (χ2v) is 8.91. The molecular weight excluding hydrogens is 392 g/mol. The number of rotatable bonds is 8. The summed E-state index contributed by atoms with van der Waals surface area (Å²) in [5.74, 6) is 2.75. The maximum atomic E-state index is 12.1. The molecule has 0 unspecified atom stereocenters. The van der Waals surface area contributed by atoms with Gasteiger partial charge in [-0.3, -0.25) is 9.79 Å². The number of hydrogen-bond donors (Lipinski definition) is 2. The summed E-state index contributed by atoms with van der Waals surface area (Å²) in [6.45, 7) is 11.6. The molecule has 2 aliphatic heterocycles. The zero-order chi connectivity index (χ0) is 22.1. The second-order valence-electron chi connectivity index (χ2n) is 8.91. The molecular formula is C24H38N4O3. The number of carbonyl (C=O) groups is 1. The molecule has 172 valence electrons. The van der Waals surface area contributed by atoms with Crippen LogP contribution in [0.2, 0.25) is 0 Å². The molecule has 1 amide bonds. The van der Waals surface area contributed by atoms with Gasteiger partial charge in [0.1, 0.15) is 13.2 Å². The van der Waals surface area contributed by atoms with Gasteiger partial charge in [0, 0.05) is 38.0 Å². The van der Waals surface area contributed by atoms with Crippen LogP contribution in [-0.2, 0) is 10.2 Å². The van der Waals surface area contributed by atoms with Gasteiger partial charge in [-0.1, -0.05) is 26.3 Å². The highest BCUT2D eigenvalue weighted by atomic mass is 16.6. The lowest BCUT2D eigenvalue weighted by Gasteiger charge is -2.26. The molecule has 3 rings (SSSR count). The molecule has 2 N–H and O–H groups in total. The molecule has 7 heteroatoms. The van der Waals surface area contributed by atoms with Crippen molar-refractivity contribution in [1.29, 1.82) is 0 Å². The number of likely N-dealkylation sites (tertiary alicyclic amines) is 1. The summed E-state index contributed by atoms with van der Waals surface area (Å²) in [5.41, 5.74) is 1.03. The van der Waals surface area contributed by atoms with Crippen LogP contribution in [0, 0.1) is 0 Å². The molecule has 0 aromatic heterocycles. The molecule has 1 fully saturated rings. The van der Waals surface area contributed by atoms with Gasteiger partial charge >= 0.3 is 0 Å². The monoisotopic (exact) mass is 430 g/mol. The van der Waals surface area contributed by atoms with Crippen LogP contribution in [-0.4, -0.2) is 62.7 Å². The van der Waals surface area contributed by atoms with E-state index in [0.717, 1.165) is 69.3 Å². The molecule has 1 saturated heterocycles. The Morgan fingerprint density at radius 1 is 1.13 bits per heavy atom. The number of benzene rings is 1. The van der Waals surface area contributed by atoms with Gasteiger partial charge in [0.25, 0.3) is 0 Å². The van der Waals surface area contributed by atoms with E-state index in [2.05, 4.69) is 43.5 Å². The third kappa shape index (κ3) is 6.77. The largest absolute Gasteiger partial charge is 0.486 e. The number of nitrogens with zero attached hydrogens (tertiary/aromatic N) is 2. The Labute approximate surface area is 186 Å². The highest BCUT2D eigenvalue weighted by molar-refractivity contribution is 5.79. The fraction of sp³-hybridized carbons (Fsp3) is 0.667. The van der Waals surface area contributed by atoms with E-state index in [-0.39, 0.29) is 5.41 Å². The minimum Gasteiger partial charge on any atom is -0.486 e. The first-order valence-corrected chi connectivity index (χ1v) is 11.7. The second kappa shape index (κ2) is 11.3. The summed E-state index contributed by atoms with van der Waals surface area (Å²) in [6.07, 6.45) is 4.94. The molecule has 31 heavy (non-hydrogen) atoms. The van der Waals surface area contributed by atoms with E-state index in [4.69, 9.17) is 14.5 Å². The van der Waals surface area contributed by atoms with Crippen LogP contribution in [0.4, 0.5) is 0 Å². The summed E-state index contributed by atoms with van der Waals surface area (Å²) in [5, 5.41) is 6.75. The van der Waals surface area contributed by atoms with Crippen molar-refractivity contribution in [3.05, 3.63) is 23.8 Å². The molecule has 7 nitrogen and oxygen atoms in total. The normalized spacial score (nSPS) is 17.3. The standard InChI is InChI=1S/C24H38N4O3/c1-4-25-23(26-12-8-14-28-13-7-5-6-9-22(28)29)27-18-24(2,3)19-10-11-20-21(17-19)31-16-15-30-20/h10-11,17H,4-9,12-16,18H2,1-3H3,(H2,25,26,27). The fourth-order valence-electron chi connectivity index (χ4n) is 3.93. The van der Waals surface area contributed by atoms with Gasteiger partial charge in [0.05, 0.1) is 6.54 Å². The van der Waals surface area contributed by atoms with E-state index in [1.165, 1.54) is 5.56 Å². The molecule has 2 heterocycles. The van der Waals surface area contributed by atoms with Crippen LogP contribution >= 0.6 is 0 Å². The van der Waals surface area contributed by atoms with E-state index >= 15 is 0 Å². The van der Waals surface area contributed by atoms with E-state index < -0.39 is 0 Å². The molecule has 2 aliphatic rings. The maximum Gasteiger partial charge on any atom is 0.222 e. The third-order valence-corrected chi connectivity index (χ3v) is 5.87. The number of guanidine groups is 1. The number of ether oxygens (including phenoxy) is 2. The van der Waals surface area contributed by atoms with Crippen LogP contribution in [0.3, 0.4) is 0 Å². The zero-order valence-corrected chi connectivity index (χ0v) is 19.3. The van der Waals surface area contributed by atoms with Crippen LogP contribution in [0.25, 0.3) is 0 Å². The lowest BCUT2D eigenvalue weighted by atomic mass is 9.84. The van der Waals surface area contributed by atoms with Crippen molar-refractivity contribution in [3.8, 4) is 11.5 Å². The molecule has 0 radical (unpaired) electrons. The van der Waals surface area contributed by atoms with Gasteiger partial charge < -0.3 is 25.0 Å². The number of carbonyl (C=O) groups excluding carboxylic acids is 1. The van der Waals surface area contributed by atoms with Crippen LogP contribution < -0.4 is 20.1 Å². The molecule has 0 aliphatic carbocycles. The maximum absolute atomic E-state index is 12.1. The highest BCUT2D eigenvalue weighted by Gasteiger charge is 2.23. The minimum atomic E-state index is -0.142. The van der Waals surface area contributed by atoms with Gasteiger partial charge in [0.15, 0.2) is 17.5 Å². The van der Waals surface area contributed by atoms with Crippen molar-refractivity contribution in [1.82, 2.24) is 15.5 Å². The molecule has 1 aromatic carbocycles. The van der Waals surface area contributed by atoms with Crippen molar-refractivity contribution in [2.45, 2.75) is 58.3 Å². The molecule has 1 aromatic rings. The highest BCUT2D eigenvalue weighted by Crippen LogP contribution is 2.35. The van der Waals surface area contributed by atoms with Gasteiger partial charge in [-0.2, -0.15) is 0 Å². The van der Waals surface area contributed by atoms with E-state index in [1.54, 1.807) is 0 Å². The number of fused-ring (bicyclic) bond motifs is 1. The Bertz CT molecular complexity index is 763. The van der Waals surface area contributed by atoms with Gasteiger partial charge in [-0.05, 0) is 43.9 Å². The summed E-state index contributed by atoms with van der Waals surface area (Å²) >= 11 is 0. The summed E-state index contributed by atoms with van der Waals surface area (Å²) in [4.78, 5) is 19.0. The first-order valence-electron chi connectivity index (χ1n) is 11.7. The van der Waals surface area contributed by atoms with E-state index in [1.807, 2.05) is 11.0 Å². The predicted octanol–water partition coefficient (Wildman–Crippen LogP) is 3.08. The lowest BCUT2D eigenvalue weighted by Crippen LogP contribution is -2.40. The number of amides is 1. The fourth-order valence-corrected chi connectivity index (χ4v) is 3.93. The zero-order valence-electron chi connectivity index (χ0n) is 19.3. The van der Waals surface area contributed by atoms with Crippen molar-refractivity contribution in [2.75, 3.05) is 45.9 Å². The topological polar surface area (TPSA) is 75.2 Å². The molecule has 0 atom stereocenters. The quantitative estimate of drug-likeness (QED) is 0.377. The summed E-state index contributed by atoms with van der Waals surface area (Å²) < 4.78 is 11.4. The van der Waals surface area contributed by atoms with Crippen LogP contribution in [0.5, 0.6) is 11.5 Å². The smallest absolute Gasteiger partial charge is 0.222 e. The first-order chi connectivity index (χ1) is 15.0. The molecule has 0 bridgehead atoms. The Kier molecular flexibility index (Phi) is 8.43. The summed E-state index contributed by atoms with van der Waals surface area (Å²) in [7, 11) is 0. The molecule has 0 saturated carbocycles. The Balaban J connectivity index is 1.52. The third-order valence-electron chi connectivity index (χ3n) is 5.87. The Morgan fingerprint density at radius 3 is 2.74 bits per heavy atom.